The second-order valence-corrected chi connectivity index (χ2v) is 8.15. The molecule has 1 saturated carbocycles. The third kappa shape index (κ3) is 4.11. The first kappa shape index (κ1) is 19.3. The molecule has 0 aromatic carbocycles. The second-order valence-electron chi connectivity index (χ2n) is 8.15. The molecule has 1 aliphatic carbocycles. The quantitative estimate of drug-likeness (QED) is 0.840. The summed E-state index contributed by atoms with van der Waals surface area (Å²) in [6.45, 7) is 9.20. The number of nitrogens with zero attached hydrogens (tertiary/aromatic N) is 3. The van der Waals surface area contributed by atoms with Crippen molar-refractivity contribution in [3.05, 3.63) is 11.7 Å². The SMILES string of the molecule is CCc1noc(CN2C(C)CC(C(=O)NC(C)CC)C3CCCCC32)n1. The van der Waals surface area contributed by atoms with Crippen molar-refractivity contribution in [2.75, 3.05) is 0 Å². The lowest BCUT2D eigenvalue weighted by Gasteiger charge is -2.50. The van der Waals surface area contributed by atoms with Gasteiger partial charge in [-0.1, -0.05) is 31.8 Å². The third-order valence-electron chi connectivity index (χ3n) is 6.37. The molecule has 1 N–H and O–H groups in total. The average Bonchev–Trinajstić information content (AvgIpc) is 3.11. The van der Waals surface area contributed by atoms with E-state index in [1.54, 1.807) is 0 Å². The average molecular weight is 363 g/mol. The number of aryl methyl sites for hydroxylation is 1. The van der Waals surface area contributed by atoms with Gasteiger partial charge in [-0.25, -0.2) is 0 Å². The van der Waals surface area contributed by atoms with E-state index in [1.807, 2.05) is 6.92 Å². The summed E-state index contributed by atoms with van der Waals surface area (Å²) in [7, 11) is 0. The standard InChI is InChI=1S/C20H34N4O2/c1-5-13(3)21-20(25)16-11-14(4)24(17-10-8-7-9-15(16)17)12-19-22-18(6-2)23-26-19/h13-17H,5-12H2,1-4H3,(H,21,25). The molecule has 1 saturated heterocycles. The molecule has 1 aliphatic heterocycles. The highest BCUT2D eigenvalue weighted by atomic mass is 16.5. The molecule has 5 unspecified atom stereocenters. The number of nitrogens with one attached hydrogen (secondary N) is 1. The van der Waals surface area contributed by atoms with Gasteiger partial charge in [-0.15, -0.1) is 0 Å². The van der Waals surface area contributed by atoms with Gasteiger partial charge in [0, 0.05) is 30.5 Å². The zero-order valence-electron chi connectivity index (χ0n) is 16.7. The first-order chi connectivity index (χ1) is 12.5. The van der Waals surface area contributed by atoms with E-state index in [0.29, 0.717) is 30.4 Å². The van der Waals surface area contributed by atoms with Gasteiger partial charge in [0.15, 0.2) is 5.82 Å². The summed E-state index contributed by atoms with van der Waals surface area (Å²) in [5.41, 5.74) is 0. The maximum Gasteiger partial charge on any atom is 0.240 e. The highest BCUT2D eigenvalue weighted by Gasteiger charge is 2.45. The lowest BCUT2D eigenvalue weighted by molar-refractivity contribution is -0.134. The molecule has 146 valence electrons. The molecule has 5 atom stereocenters. The number of hydrogen-bond donors (Lipinski definition) is 1. The van der Waals surface area contributed by atoms with Crippen LogP contribution >= 0.6 is 0 Å². The van der Waals surface area contributed by atoms with E-state index in [-0.39, 0.29) is 17.9 Å². The number of rotatable bonds is 6. The molecule has 2 aliphatic rings. The van der Waals surface area contributed by atoms with Crippen LogP contribution in [-0.2, 0) is 17.8 Å². The van der Waals surface area contributed by atoms with Crippen LogP contribution in [0, 0.1) is 11.8 Å². The molecule has 1 aromatic rings. The van der Waals surface area contributed by atoms with Crippen LogP contribution in [0.1, 0.15) is 77.9 Å². The molecule has 6 heteroatoms. The summed E-state index contributed by atoms with van der Waals surface area (Å²) >= 11 is 0. The smallest absolute Gasteiger partial charge is 0.240 e. The molecule has 0 bridgehead atoms. The molecular weight excluding hydrogens is 328 g/mol. The zero-order valence-corrected chi connectivity index (χ0v) is 16.7. The molecule has 2 fully saturated rings. The Morgan fingerprint density at radius 2 is 2.12 bits per heavy atom. The number of hydrogen-bond acceptors (Lipinski definition) is 5. The van der Waals surface area contributed by atoms with Crippen LogP contribution in [0.5, 0.6) is 0 Å². The van der Waals surface area contributed by atoms with Crippen molar-refractivity contribution < 1.29 is 9.32 Å². The van der Waals surface area contributed by atoms with E-state index in [2.05, 4.69) is 41.1 Å². The number of aromatic nitrogens is 2. The number of fused-ring (bicyclic) bond motifs is 1. The Kier molecular flexibility index (Phi) is 6.33. The van der Waals surface area contributed by atoms with Crippen molar-refractivity contribution in [2.45, 2.75) is 97.3 Å². The Labute approximate surface area is 157 Å². The van der Waals surface area contributed by atoms with Gasteiger partial charge in [0.1, 0.15) is 0 Å². The minimum absolute atomic E-state index is 0.134. The van der Waals surface area contributed by atoms with E-state index >= 15 is 0 Å². The highest BCUT2D eigenvalue weighted by molar-refractivity contribution is 5.79. The Morgan fingerprint density at radius 3 is 2.81 bits per heavy atom. The number of piperidine rings is 1. The predicted octanol–water partition coefficient (Wildman–Crippen LogP) is 3.32. The number of carbonyl (C=O) groups excluding carboxylic acids is 1. The summed E-state index contributed by atoms with van der Waals surface area (Å²) in [5, 5.41) is 7.27. The predicted molar refractivity (Wildman–Crippen MR) is 100 cm³/mol. The van der Waals surface area contributed by atoms with Crippen molar-refractivity contribution in [3.8, 4) is 0 Å². The van der Waals surface area contributed by atoms with Gasteiger partial charge in [0.05, 0.1) is 6.54 Å². The van der Waals surface area contributed by atoms with Crippen LogP contribution < -0.4 is 5.32 Å². The molecule has 2 heterocycles. The molecule has 3 rings (SSSR count). The van der Waals surface area contributed by atoms with E-state index in [1.165, 1.54) is 12.8 Å². The summed E-state index contributed by atoms with van der Waals surface area (Å²) in [5.74, 6) is 2.32. The molecule has 0 spiro atoms. The summed E-state index contributed by atoms with van der Waals surface area (Å²) in [6.07, 6.45) is 7.48. The lowest BCUT2D eigenvalue weighted by atomic mass is 9.69. The molecule has 6 nitrogen and oxygen atoms in total. The lowest BCUT2D eigenvalue weighted by Crippen LogP contribution is -2.57. The van der Waals surface area contributed by atoms with Crippen LogP contribution in [0.15, 0.2) is 4.52 Å². The Bertz CT molecular complexity index is 602. The Morgan fingerprint density at radius 1 is 1.35 bits per heavy atom. The molecule has 26 heavy (non-hydrogen) atoms. The fourth-order valence-corrected chi connectivity index (χ4v) is 4.71. The first-order valence-electron chi connectivity index (χ1n) is 10.4. The summed E-state index contributed by atoms with van der Waals surface area (Å²) in [4.78, 5) is 19.9. The minimum Gasteiger partial charge on any atom is -0.353 e. The fourth-order valence-electron chi connectivity index (χ4n) is 4.71. The normalized spacial score (nSPS) is 30.6. The van der Waals surface area contributed by atoms with Crippen LogP contribution in [0.3, 0.4) is 0 Å². The van der Waals surface area contributed by atoms with Gasteiger partial charge in [0.25, 0.3) is 0 Å². The van der Waals surface area contributed by atoms with Gasteiger partial charge < -0.3 is 9.84 Å². The van der Waals surface area contributed by atoms with Crippen LogP contribution in [0.25, 0.3) is 0 Å². The number of amides is 1. The largest absolute Gasteiger partial charge is 0.353 e. The first-order valence-corrected chi connectivity index (χ1v) is 10.4. The number of carbonyl (C=O) groups is 1. The molecule has 0 radical (unpaired) electrons. The van der Waals surface area contributed by atoms with E-state index < -0.39 is 0 Å². The van der Waals surface area contributed by atoms with Crippen molar-refractivity contribution >= 4 is 5.91 Å². The van der Waals surface area contributed by atoms with Crippen molar-refractivity contribution in [3.63, 3.8) is 0 Å². The van der Waals surface area contributed by atoms with Gasteiger partial charge in [-0.2, -0.15) is 4.98 Å². The molecular formula is C20H34N4O2. The maximum absolute atomic E-state index is 12.9. The topological polar surface area (TPSA) is 71.3 Å². The van der Waals surface area contributed by atoms with Crippen LogP contribution in [-0.4, -0.2) is 39.1 Å². The van der Waals surface area contributed by atoms with E-state index in [4.69, 9.17) is 4.52 Å². The molecule has 1 aromatic heterocycles. The minimum atomic E-state index is 0.134. The summed E-state index contributed by atoms with van der Waals surface area (Å²) in [6, 6.07) is 1.04. The van der Waals surface area contributed by atoms with Crippen LogP contribution in [0.2, 0.25) is 0 Å². The van der Waals surface area contributed by atoms with Crippen molar-refractivity contribution in [2.24, 2.45) is 11.8 Å². The van der Waals surface area contributed by atoms with Gasteiger partial charge in [-0.3, -0.25) is 9.69 Å². The Hall–Kier alpha value is -1.43. The van der Waals surface area contributed by atoms with Crippen molar-refractivity contribution in [1.29, 1.82) is 0 Å². The second kappa shape index (κ2) is 8.51. The van der Waals surface area contributed by atoms with Gasteiger partial charge in [-0.05, 0) is 45.4 Å². The number of likely N-dealkylation sites (tertiary alicyclic amines) is 1. The third-order valence-corrected chi connectivity index (χ3v) is 6.37. The van der Waals surface area contributed by atoms with E-state index in [0.717, 1.165) is 37.9 Å². The zero-order chi connectivity index (χ0) is 18.7. The van der Waals surface area contributed by atoms with E-state index in [9.17, 15) is 4.79 Å². The maximum atomic E-state index is 12.9. The fraction of sp³-hybridized carbons (Fsp3) is 0.850. The van der Waals surface area contributed by atoms with Gasteiger partial charge in [0.2, 0.25) is 11.8 Å². The monoisotopic (exact) mass is 362 g/mol. The summed E-state index contributed by atoms with van der Waals surface area (Å²) < 4.78 is 5.45. The van der Waals surface area contributed by atoms with Crippen molar-refractivity contribution in [1.82, 2.24) is 20.4 Å². The van der Waals surface area contributed by atoms with Gasteiger partial charge >= 0.3 is 0 Å². The Balaban J connectivity index is 1.74. The van der Waals surface area contributed by atoms with Crippen LogP contribution in [0.4, 0.5) is 0 Å². The highest BCUT2D eigenvalue weighted by Crippen LogP contribution is 2.42. The molecule has 1 amide bonds.